The number of nitrogens with one attached hydrogen (secondary N) is 1. The van der Waals surface area contributed by atoms with Gasteiger partial charge in [-0.15, -0.1) is 0 Å². The van der Waals surface area contributed by atoms with Crippen LogP contribution in [0.2, 0.25) is 0 Å². The van der Waals surface area contributed by atoms with E-state index in [1.54, 1.807) is 47.9 Å². The van der Waals surface area contributed by atoms with Gasteiger partial charge in [-0.2, -0.15) is 4.98 Å². The van der Waals surface area contributed by atoms with Crippen LogP contribution in [0.4, 0.5) is 5.95 Å². The molecule has 0 radical (unpaired) electrons. The molecule has 11 heteroatoms. The first kappa shape index (κ1) is 19.5. The Morgan fingerprint density at radius 2 is 2.03 bits per heavy atom. The van der Waals surface area contributed by atoms with Gasteiger partial charge in [0.25, 0.3) is 5.91 Å². The van der Waals surface area contributed by atoms with Crippen LogP contribution in [0, 0.1) is 6.92 Å². The molecule has 1 aromatic carbocycles. The van der Waals surface area contributed by atoms with Crippen LogP contribution in [0.25, 0.3) is 17.2 Å². The van der Waals surface area contributed by atoms with Crippen LogP contribution in [-0.4, -0.2) is 47.4 Å². The molecule has 0 aliphatic rings. The molecule has 0 atom stereocenters. The van der Waals surface area contributed by atoms with E-state index in [0.717, 1.165) is 5.56 Å². The van der Waals surface area contributed by atoms with Crippen LogP contribution in [0.5, 0.6) is 0 Å². The number of primary amides is 1. The Bertz CT molecular complexity index is 1240. The summed E-state index contributed by atoms with van der Waals surface area (Å²) in [6, 6.07) is 10.2. The fraction of sp³-hybridized carbons (Fsp3) is 0.105. The quantitative estimate of drug-likeness (QED) is 0.326. The number of benzene rings is 1. The average Bonchev–Trinajstić information content (AvgIpc) is 3.08. The fourth-order valence-corrected chi connectivity index (χ4v) is 3.18. The van der Waals surface area contributed by atoms with Gasteiger partial charge in [0, 0.05) is 12.7 Å². The van der Waals surface area contributed by atoms with Gasteiger partial charge in [-0.05, 0) is 30.1 Å². The van der Waals surface area contributed by atoms with Gasteiger partial charge in [0.2, 0.25) is 5.95 Å². The molecule has 5 N–H and O–H groups in total. The predicted molar refractivity (Wildman–Crippen MR) is 111 cm³/mol. The lowest BCUT2D eigenvalue weighted by Crippen LogP contribution is -2.30. The normalized spacial score (nSPS) is 10.9. The number of nitrogens with zero attached hydrogens (tertiary/aromatic N) is 5. The molecule has 3 aromatic heterocycles. The van der Waals surface area contributed by atoms with Crippen LogP contribution < -0.4 is 16.5 Å². The molecule has 1 amide bonds. The lowest BCUT2D eigenvalue weighted by molar-refractivity contribution is 0.100. The van der Waals surface area contributed by atoms with Gasteiger partial charge in [-0.25, -0.2) is 15.0 Å². The Morgan fingerprint density at radius 1 is 1.20 bits per heavy atom. The van der Waals surface area contributed by atoms with Gasteiger partial charge in [0.1, 0.15) is 17.7 Å². The molecule has 0 spiro atoms. The number of hydrogen-bond acceptors (Lipinski definition) is 8. The highest BCUT2D eigenvalue weighted by Crippen LogP contribution is 2.23. The van der Waals surface area contributed by atoms with Gasteiger partial charge in [0.05, 0.1) is 11.3 Å². The topological polar surface area (TPSA) is 152 Å². The SMILES string of the molecule is Cc1nc2c(C(N)=O)cccn2c1-c1ncnc(NCc2cccc(B(O)O)c2)n1. The number of imidazole rings is 1. The minimum absolute atomic E-state index is 0.310. The minimum Gasteiger partial charge on any atom is -0.423 e. The van der Waals surface area contributed by atoms with Crippen LogP contribution in [0.15, 0.2) is 48.9 Å². The van der Waals surface area contributed by atoms with E-state index in [4.69, 9.17) is 5.73 Å². The summed E-state index contributed by atoms with van der Waals surface area (Å²) in [7, 11) is -1.53. The Hall–Kier alpha value is -3.83. The number of aromatic nitrogens is 5. The maximum Gasteiger partial charge on any atom is 0.488 e. The molecule has 150 valence electrons. The van der Waals surface area contributed by atoms with E-state index >= 15 is 0 Å². The molecule has 10 nitrogen and oxygen atoms in total. The lowest BCUT2D eigenvalue weighted by atomic mass is 9.80. The number of hydrogen-bond donors (Lipinski definition) is 4. The van der Waals surface area contributed by atoms with Crippen molar-refractivity contribution in [1.29, 1.82) is 0 Å². The molecule has 0 bridgehead atoms. The smallest absolute Gasteiger partial charge is 0.423 e. The summed E-state index contributed by atoms with van der Waals surface area (Å²) in [5.41, 5.74) is 8.70. The first-order valence-corrected chi connectivity index (χ1v) is 9.10. The predicted octanol–water partition coefficient (Wildman–Crippen LogP) is -0.114. The summed E-state index contributed by atoms with van der Waals surface area (Å²) < 4.78 is 1.72. The first-order valence-electron chi connectivity index (χ1n) is 9.10. The number of carbonyl (C=O) groups is 1. The van der Waals surface area contributed by atoms with Crippen molar-refractivity contribution in [2.24, 2.45) is 5.73 Å². The van der Waals surface area contributed by atoms with Crippen LogP contribution in [0.1, 0.15) is 21.6 Å². The second-order valence-electron chi connectivity index (χ2n) is 6.63. The summed E-state index contributed by atoms with van der Waals surface area (Å²) >= 11 is 0. The molecule has 3 heterocycles. The monoisotopic (exact) mass is 403 g/mol. The Kier molecular flexibility index (Phi) is 5.13. The van der Waals surface area contributed by atoms with E-state index in [9.17, 15) is 14.8 Å². The first-order chi connectivity index (χ1) is 14.4. The van der Waals surface area contributed by atoms with Crippen LogP contribution in [-0.2, 0) is 6.54 Å². The lowest BCUT2D eigenvalue weighted by Gasteiger charge is -2.08. The van der Waals surface area contributed by atoms with Crippen molar-refractivity contribution in [3.8, 4) is 11.5 Å². The summed E-state index contributed by atoms with van der Waals surface area (Å²) in [6.07, 6.45) is 3.15. The molecule has 0 unspecified atom stereocenters. The van der Waals surface area contributed by atoms with Crippen molar-refractivity contribution in [2.45, 2.75) is 13.5 Å². The third-order valence-corrected chi connectivity index (χ3v) is 4.57. The maximum atomic E-state index is 11.7. The number of amides is 1. The van der Waals surface area contributed by atoms with Gasteiger partial charge in [-0.1, -0.05) is 24.3 Å². The summed E-state index contributed by atoms with van der Waals surface area (Å²) in [4.78, 5) is 29.0. The molecule has 0 saturated carbocycles. The number of anilines is 1. The zero-order chi connectivity index (χ0) is 21.3. The number of carbonyl (C=O) groups excluding carboxylic acids is 1. The largest absolute Gasteiger partial charge is 0.488 e. The minimum atomic E-state index is -1.53. The molecule has 0 saturated heterocycles. The second kappa shape index (κ2) is 7.89. The zero-order valence-corrected chi connectivity index (χ0v) is 16.0. The van der Waals surface area contributed by atoms with Crippen molar-refractivity contribution in [3.63, 3.8) is 0 Å². The van der Waals surface area contributed by atoms with Crippen molar-refractivity contribution < 1.29 is 14.8 Å². The van der Waals surface area contributed by atoms with Crippen LogP contribution in [0.3, 0.4) is 0 Å². The van der Waals surface area contributed by atoms with E-state index in [2.05, 4.69) is 25.3 Å². The number of fused-ring (bicyclic) bond motifs is 1. The number of pyridine rings is 1. The molecule has 30 heavy (non-hydrogen) atoms. The Balaban J connectivity index is 1.64. The van der Waals surface area contributed by atoms with E-state index in [1.165, 1.54) is 6.33 Å². The Morgan fingerprint density at radius 3 is 2.80 bits per heavy atom. The molecular weight excluding hydrogens is 385 g/mol. The standard InChI is InChI=1S/C19H18BN7O3/c1-11-15(27-7-3-6-14(16(21)28)18(27)25-11)17-23-10-24-19(26-17)22-9-12-4-2-5-13(8-12)20(29)30/h2-8,10,29-30H,9H2,1H3,(H2,21,28)(H,22,23,24,26). The molecule has 4 aromatic rings. The number of rotatable bonds is 6. The molecule has 0 aliphatic carbocycles. The third kappa shape index (κ3) is 3.71. The highest BCUT2D eigenvalue weighted by atomic mass is 16.4. The highest BCUT2D eigenvalue weighted by Gasteiger charge is 2.18. The summed E-state index contributed by atoms with van der Waals surface area (Å²) in [5.74, 6) is 0.166. The molecular formula is C19H18BN7O3. The van der Waals surface area contributed by atoms with Gasteiger partial charge in [-0.3, -0.25) is 9.20 Å². The zero-order valence-electron chi connectivity index (χ0n) is 16.0. The Labute approximate surface area is 171 Å². The molecule has 4 rings (SSSR count). The summed E-state index contributed by atoms with van der Waals surface area (Å²) in [5, 5.41) is 21.7. The van der Waals surface area contributed by atoms with Crippen molar-refractivity contribution >= 4 is 30.1 Å². The van der Waals surface area contributed by atoms with E-state index in [-0.39, 0.29) is 0 Å². The highest BCUT2D eigenvalue weighted by molar-refractivity contribution is 6.58. The van der Waals surface area contributed by atoms with Crippen molar-refractivity contribution in [1.82, 2.24) is 24.3 Å². The van der Waals surface area contributed by atoms with Gasteiger partial charge in [0.15, 0.2) is 5.82 Å². The summed E-state index contributed by atoms with van der Waals surface area (Å²) in [6.45, 7) is 2.18. The van der Waals surface area contributed by atoms with Gasteiger partial charge < -0.3 is 21.1 Å². The van der Waals surface area contributed by atoms with E-state index in [1.807, 2.05) is 6.07 Å². The van der Waals surface area contributed by atoms with Gasteiger partial charge >= 0.3 is 7.12 Å². The number of aryl methyl sites for hydroxylation is 1. The average molecular weight is 403 g/mol. The van der Waals surface area contributed by atoms with E-state index in [0.29, 0.717) is 46.4 Å². The molecule has 0 fully saturated rings. The second-order valence-corrected chi connectivity index (χ2v) is 6.63. The van der Waals surface area contributed by atoms with Crippen molar-refractivity contribution in [3.05, 3.63) is 65.7 Å². The third-order valence-electron chi connectivity index (χ3n) is 4.57. The number of nitrogens with two attached hydrogens (primary N) is 1. The van der Waals surface area contributed by atoms with E-state index < -0.39 is 13.0 Å². The van der Waals surface area contributed by atoms with Crippen molar-refractivity contribution in [2.75, 3.05) is 5.32 Å². The fourth-order valence-electron chi connectivity index (χ4n) is 3.18. The van der Waals surface area contributed by atoms with Crippen LogP contribution >= 0.6 is 0 Å². The maximum absolute atomic E-state index is 11.7. The molecule has 0 aliphatic heterocycles.